The number of nitrogens with zero attached hydrogens (tertiary/aromatic N) is 5. The molecule has 0 spiro atoms. The van der Waals surface area contributed by atoms with Crippen LogP contribution in [0.1, 0.15) is 74.6 Å². The summed E-state index contributed by atoms with van der Waals surface area (Å²) in [5.41, 5.74) is 1.89. The van der Waals surface area contributed by atoms with E-state index in [1.54, 1.807) is 19.2 Å². The molecule has 0 bridgehead atoms. The molecule has 0 amide bonds. The standard InChI is InChI=1S/C18H19N5O.C12H14F3N/c1-22(13-6-4-3-5-7-13)17-14(11-20)18(24)23(2)15-9-8-12(10-19)21-16(15)17;13-9-4-5-11(10(6-9)12(14)15)16-7-8-2-1-3-8/h8-9,13H,3-7H2,1-2H3;4-6,8,12,16H,1-3,7H2. The summed E-state index contributed by atoms with van der Waals surface area (Å²) < 4.78 is 39.5. The third-order valence-electron chi connectivity index (χ3n) is 7.97. The Morgan fingerprint density at radius 3 is 2.40 bits per heavy atom. The highest BCUT2D eigenvalue weighted by molar-refractivity contribution is 5.92. The van der Waals surface area contributed by atoms with Gasteiger partial charge in [-0.05, 0) is 61.9 Å². The molecule has 7 nitrogen and oxygen atoms in total. The molecule has 2 aliphatic rings. The van der Waals surface area contributed by atoms with Crippen molar-refractivity contribution in [3.05, 3.63) is 63.3 Å². The van der Waals surface area contributed by atoms with E-state index in [9.17, 15) is 23.2 Å². The lowest BCUT2D eigenvalue weighted by atomic mass is 9.85. The van der Waals surface area contributed by atoms with Gasteiger partial charge in [-0.15, -0.1) is 0 Å². The van der Waals surface area contributed by atoms with Gasteiger partial charge in [0.05, 0.1) is 11.2 Å². The first-order valence-corrected chi connectivity index (χ1v) is 13.6. The third kappa shape index (κ3) is 6.22. The number of fused-ring (bicyclic) bond motifs is 1. The minimum absolute atomic E-state index is 0.0978. The lowest BCUT2D eigenvalue weighted by molar-refractivity contribution is 0.151. The van der Waals surface area contributed by atoms with E-state index < -0.39 is 12.2 Å². The van der Waals surface area contributed by atoms with E-state index in [1.807, 2.05) is 18.0 Å². The fourth-order valence-electron chi connectivity index (χ4n) is 5.38. The van der Waals surface area contributed by atoms with E-state index in [1.165, 1.54) is 29.5 Å². The van der Waals surface area contributed by atoms with Gasteiger partial charge in [0.1, 0.15) is 34.7 Å². The number of aryl methyl sites for hydroxylation is 1. The van der Waals surface area contributed by atoms with E-state index in [2.05, 4.69) is 16.4 Å². The van der Waals surface area contributed by atoms with Crippen molar-refractivity contribution in [1.82, 2.24) is 9.55 Å². The summed E-state index contributed by atoms with van der Waals surface area (Å²) in [4.78, 5) is 19.0. The molecule has 2 aromatic heterocycles. The third-order valence-corrected chi connectivity index (χ3v) is 7.97. The van der Waals surface area contributed by atoms with E-state index in [0.29, 0.717) is 34.9 Å². The maximum Gasteiger partial charge on any atom is 0.270 e. The Hall–Kier alpha value is -4.05. The van der Waals surface area contributed by atoms with Gasteiger partial charge in [-0.3, -0.25) is 4.79 Å². The molecule has 2 saturated carbocycles. The quantitative estimate of drug-likeness (QED) is 0.380. The monoisotopic (exact) mass is 550 g/mol. The Morgan fingerprint density at radius 1 is 1.07 bits per heavy atom. The average molecular weight is 551 g/mol. The summed E-state index contributed by atoms with van der Waals surface area (Å²) in [5, 5.41) is 21.7. The number of pyridine rings is 2. The van der Waals surface area contributed by atoms with Crippen LogP contribution in [0.25, 0.3) is 11.0 Å². The predicted molar refractivity (Wildman–Crippen MR) is 149 cm³/mol. The number of hydrogen-bond acceptors (Lipinski definition) is 6. The van der Waals surface area contributed by atoms with Crippen molar-refractivity contribution in [3.8, 4) is 12.1 Å². The zero-order chi connectivity index (χ0) is 28.8. The van der Waals surface area contributed by atoms with Crippen LogP contribution in [0, 0.1) is 34.4 Å². The highest BCUT2D eigenvalue weighted by Gasteiger charge is 2.26. The van der Waals surface area contributed by atoms with Crippen LogP contribution in [0.3, 0.4) is 0 Å². The van der Waals surface area contributed by atoms with Crippen LogP contribution >= 0.6 is 0 Å². The maximum absolute atomic E-state index is 12.8. The highest BCUT2D eigenvalue weighted by Crippen LogP contribution is 2.33. The molecule has 0 unspecified atom stereocenters. The SMILES string of the molecule is CN(c1c(C#N)c(=O)n(C)c2ccc(C#N)nc12)C1CCCCC1.Fc1ccc(NCC2CCC2)c(C(F)F)c1. The normalized spacial score (nSPS) is 15.5. The van der Waals surface area contributed by atoms with E-state index in [0.717, 1.165) is 44.6 Å². The number of hydrogen-bond donors (Lipinski definition) is 1. The Morgan fingerprint density at radius 2 is 1.80 bits per heavy atom. The van der Waals surface area contributed by atoms with Gasteiger partial charge in [0, 0.05) is 37.9 Å². The van der Waals surface area contributed by atoms with Crippen LogP contribution in [0.4, 0.5) is 24.5 Å². The summed E-state index contributed by atoms with van der Waals surface area (Å²) in [6.07, 6.45) is 6.48. The maximum atomic E-state index is 12.8. The zero-order valence-corrected chi connectivity index (χ0v) is 22.8. The molecule has 5 rings (SSSR count). The molecule has 2 aliphatic carbocycles. The topological polar surface area (TPSA) is 97.7 Å². The van der Waals surface area contributed by atoms with Crippen LogP contribution in [0.2, 0.25) is 0 Å². The highest BCUT2D eigenvalue weighted by atomic mass is 19.3. The van der Waals surface area contributed by atoms with Crippen molar-refractivity contribution < 1.29 is 13.2 Å². The van der Waals surface area contributed by atoms with Crippen LogP contribution in [0.5, 0.6) is 0 Å². The fourth-order valence-corrected chi connectivity index (χ4v) is 5.38. The molecule has 0 atom stereocenters. The number of nitriles is 2. The second-order valence-electron chi connectivity index (χ2n) is 10.5. The van der Waals surface area contributed by atoms with Crippen LogP contribution in [-0.2, 0) is 7.05 Å². The Bertz CT molecular complexity index is 1500. The number of rotatable bonds is 6. The minimum Gasteiger partial charge on any atom is -0.384 e. The van der Waals surface area contributed by atoms with Crippen molar-refractivity contribution in [1.29, 1.82) is 10.5 Å². The second kappa shape index (κ2) is 12.9. The molecule has 40 heavy (non-hydrogen) atoms. The minimum atomic E-state index is -2.64. The van der Waals surface area contributed by atoms with Gasteiger partial charge in [-0.2, -0.15) is 10.5 Å². The molecule has 1 aromatic carbocycles. The van der Waals surface area contributed by atoms with Crippen LogP contribution in [-0.4, -0.2) is 29.2 Å². The van der Waals surface area contributed by atoms with Crippen molar-refractivity contribution in [2.24, 2.45) is 13.0 Å². The molecule has 1 N–H and O–H groups in total. The van der Waals surface area contributed by atoms with Crippen molar-refractivity contribution in [3.63, 3.8) is 0 Å². The van der Waals surface area contributed by atoms with Gasteiger partial charge in [0.2, 0.25) is 0 Å². The summed E-state index contributed by atoms with van der Waals surface area (Å²) in [6, 6.07) is 11.2. The van der Waals surface area contributed by atoms with Gasteiger partial charge in [0.15, 0.2) is 0 Å². The summed E-state index contributed by atoms with van der Waals surface area (Å²) >= 11 is 0. The van der Waals surface area contributed by atoms with Gasteiger partial charge in [-0.25, -0.2) is 18.2 Å². The van der Waals surface area contributed by atoms with Gasteiger partial charge >= 0.3 is 0 Å². The Balaban J connectivity index is 0.000000201. The lowest BCUT2D eigenvalue weighted by Gasteiger charge is -2.33. The molecular weight excluding hydrogens is 517 g/mol. The number of halogens is 3. The van der Waals surface area contributed by atoms with E-state index >= 15 is 0 Å². The molecule has 0 saturated heterocycles. The van der Waals surface area contributed by atoms with Crippen molar-refractivity contribution in [2.45, 2.75) is 63.8 Å². The Labute approximate surface area is 231 Å². The first-order chi connectivity index (χ1) is 19.2. The second-order valence-corrected chi connectivity index (χ2v) is 10.5. The number of alkyl halides is 2. The van der Waals surface area contributed by atoms with E-state index in [-0.39, 0.29) is 28.4 Å². The molecule has 2 fully saturated rings. The number of benzene rings is 1. The number of anilines is 2. The van der Waals surface area contributed by atoms with Gasteiger partial charge in [0.25, 0.3) is 12.0 Å². The summed E-state index contributed by atoms with van der Waals surface area (Å²) in [5.74, 6) is -0.0416. The molecule has 2 heterocycles. The van der Waals surface area contributed by atoms with Crippen LogP contribution in [0.15, 0.2) is 35.1 Å². The average Bonchev–Trinajstić information content (AvgIpc) is 2.94. The van der Waals surface area contributed by atoms with Gasteiger partial charge < -0.3 is 14.8 Å². The molecule has 0 radical (unpaired) electrons. The predicted octanol–water partition coefficient (Wildman–Crippen LogP) is 6.42. The molecule has 210 valence electrons. The Kier molecular flexibility index (Phi) is 9.31. The molecule has 3 aromatic rings. The zero-order valence-electron chi connectivity index (χ0n) is 22.8. The largest absolute Gasteiger partial charge is 0.384 e. The van der Waals surface area contributed by atoms with Crippen LogP contribution < -0.4 is 15.8 Å². The molecular formula is C30H33F3N6O. The van der Waals surface area contributed by atoms with Crippen molar-refractivity contribution >= 4 is 22.4 Å². The summed E-state index contributed by atoms with van der Waals surface area (Å²) in [7, 11) is 3.55. The smallest absolute Gasteiger partial charge is 0.270 e. The summed E-state index contributed by atoms with van der Waals surface area (Å²) in [6.45, 7) is 0.700. The lowest BCUT2D eigenvalue weighted by Crippen LogP contribution is -2.36. The van der Waals surface area contributed by atoms with E-state index in [4.69, 9.17) is 5.26 Å². The molecule has 0 aliphatic heterocycles. The first-order valence-electron chi connectivity index (χ1n) is 13.6. The first kappa shape index (κ1) is 28.9. The fraction of sp³-hybridized carbons (Fsp3) is 0.467. The number of aromatic nitrogens is 2. The van der Waals surface area contributed by atoms with Crippen molar-refractivity contribution in [2.75, 3.05) is 23.8 Å². The molecule has 10 heteroatoms. The van der Waals surface area contributed by atoms with Gasteiger partial charge in [-0.1, -0.05) is 25.7 Å². The number of nitrogens with one attached hydrogen (secondary N) is 1.